The van der Waals surface area contributed by atoms with E-state index in [-0.39, 0.29) is 4.90 Å². The van der Waals surface area contributed by atoms with Crippen LogP contribution in [0.25, 0.3) is 11.1 Å². The summed E-state index contributed by atoms with van der Waals surface area (Å²) in [5.41, 5.74) is 4.48. The highest BCUT2D eigenvalue weighted by molar-refractivity contribution is 7.86. The van der Waals surface area contributed by atoms with Gasteiger partial charge in [0, 0.05) is 6.42 Å². The van der Waals surface area contributed by atoms with Crippen LogP contribution in [0.4, 0.5) is 0 Å². The van der Waals surface area contributed by atoms with Crippen LogP contribution in [0, 0.1) is 0 Å². The van der Waals surface area contributed by atoms with E-state index in [2.05, 4.69) is 0 Å². The van der Waals surface area contributed by atoms with Crippen molar-refractivity contribution in [2.45, 2.75) is 24.7 Å². The van der Waals surface area contributed by atoms with Gasteiger partial charge in [-0.2, -0.15) is 8.42 Å². The molecule has 3 nitrogen and oxygen atoms in total. The summed E-state index contributed by atoms with van der Waals surface area (Å²) < 4.78 is 32.9. The predicted molar refractivity (Wildman–Crippen MR) is 73.9 cm³/mol. The van der Waals surface area contributed by atoms with Crippen LogP contribution in [-0.4, -0.2) is 13.0 Å². The maximum Gasteiger partial charge on any atom is 0.295 e. The van der Waals surface area contributed by atoms with E-state index in [1.54, 1.807) is 6.07 Å². The number of rotatable bonds is 2. The molecule has 0 aliphatic heterocycles. The van der Waals surface area contributed by atoms with Crippen molar-refractivity contribution in [1.29, 1.82) is 0 Å². The van der Waals surface area contributed by atoms with Gasteiger partial charge in [0.05, 0.1) is 0 Å². The molecule has 0 fully saturated rings. The van der Waals surface area contributed by atoms with Gasteiger partial charge >= 0.3 is 0 Å². The molecule has 3 rings (SSSR count). The van der Waals surface area contributed by atoms with Gasteiger partial charge in [-0.05, 0) is 34.2 Å². The Labute approximate surface area is 112 Å². The number of hydrogen-bond acceptors (Lipinski definition) is 2. The Balaban J connectivity index is 2.34. The largest absolute Gasteiger partial charge is 0.295 e. The van der Waals surface area contributed by atoms with Gasteiger partial charge in [-0.1, -0.05) is 43.3 Å². The molecule has 0 bridgehead atoms. The summed E-state index contributed by atoms with van der Waals surface area (Å²) in [7, 11) is -4.19. The topological polar surface area (TPSA) is 54.4 Å². The number of fused-ring (bicyclic) bond motifs is 3. The Kier molecular flexibility index (Phi) is 2.73. The summed E-state index contributed by atoms with van der Waals surface area (Å²) in [6.45, 7) is 1.89. The highest BCUT2D eigenvalue weighted by atomic mass is 32.2. The Morgan fingerprint density at radius 2 is 1.84 bits per heavy atom. The van der Waals surface area contributed by atoms with Crippen molar-refractivity contribution in [1.82, 2.24) is 0 Å². The zero-order chi connectivity index (χ0) is 13.6. The van der Waals surface area contributed by atoms with Gasteiger partial charge in [0.2, 0.25) is 0 Å². The maximum absolute atomic E-state index is 11.7. The molecule has 1 aliphatic rings. The Hall–Kier alpha value is -1.65. The van der Waals surface area contributed by atoms with Crippen LogP contribution in [0.3, 0.4) is 0 Å². The second-order valence-corrected chi connectivity index (χ2v) is 6.10. The normalized spacial score (nSPS) is 13.2. The summed E-state index contributed by atoms with van der Waals surface area (Å²) in [6, 6.07) is 11.6. The molecular formula is C15H14O3S. The van der Waals surface area contributed by atoms with E-state index in [0.717, 1.165) is 22.3 Å². The molecule has 0 heterocycles. The van der Waals surface area contributed by atoms with Crippen molar-refractivity contribution in [2.75, 3.05) is 0 Å². The van der Waals surface area contributed by atoms with Crippen LogP contribution in [0.1, 0.15) is 23.6 Å². The molecule has 2 aromatic carbocycles. The molecule has 0 unspecified atom stereocenters. The SMILES string of the molecule is CCc1ccc2c(c1S(=O)(=O)O)Cc1ccccc1-2. The van der Waals surface area contributed by atoms with E-state index in [1.165, 1.54) is 0 Å². The fraction of sp³-hybridized carbons (Fsp3) is 0.200. The average Bonchev–Trinajstić information content (AvgIpc) is 2.74. The fourth-order valence-corrected chi connectivity index (χ4v) is 3.87. The van der Waals surface area contributed by atoms with E-state index in [4.69, 9.17) is 0 Å². The van der Waals surface area contributed by atoms with Gasteiger partial charge < -0.3 is 0 Å². The molecule has 19 heavy (non-hydrogen) atoms. The van der Waals surface area contributed by atoms with Crippen molar-refractivity contribution in [3.8, 4) is 11.1 Å². The molecule has 0 aromatic heterocycles. The molecule has 1 N–H and O–H groups in total. The molecule has 1 aliphatic carbocycles. The van der Waals surface area contributed by atoms with Crippen molar-refractivity contribution >= 4 is 10.1 Å². The minimum absolute atomic E-state index is 0.101. The molecule has 0 saturated carbocycles. The molecule has 4 heteroatoms. The molecule has 98 valence electrons. The third-order valence-corrected chi connectivity index (χ3v) is 4.68. The molecule has 0 saturated heterocycles. The summed E-state index contributed by atoms with van der Waals surface area (Å²) in [5, 5.41) is 0. The predicted octanol–water partition coefficient (Wildman–Crippen LogP) is 3.07. The van der Waals surface area contributed by atoms with Crippen molar-refractivity contribution in [2.24, 2.45) is 0 Å². The monoisotopic (exact) mass is 274 g/mol. The second kappa shape index (κ2) is 4.18. The number of benzene rings is 2. The van der Waals surface area contributed by atoms with Gasteiger partial charge in [0.25, 0.3) is 10.1 Å². The van der Waals surface area contributed by atoms with E-state index in [1.807, 2.05) is 37.3 Å². The van der Waals surface area contributed by atoms with E-state index in [9.17, 15) is 13.0 Å². The van der Waals surface area contributed by atoms with Crippen LogP contribution in [-0.2, 0) is 23.0 Å². The first-order valence-electron chi connectivity index (χ1n) is 6.23. The third kappa shape index (κ3) is 1.88. The van der Waals surface area contributed by atoms with E-state index < -0.39 is 10.1 Å². The highest BCUT2D eigenvalue weighted by Gasteiger charge is 2.27. The Morgan fingerprint density at radius 3 is 2.53 bits per heavy atom. The van der Waals surface area contributed by atoms with Crippen LogP contribution in [0.2, 0.25) is 0 Å². The molecule has 2 aromatic rings. The van der Waals surface area contributed by atoms with Gasteiger partial charge in [-0.3, -0.25) is 4.55 Å². The lowest BCUT2D eigenvalue weighted by atomic mass is 10.0. The van der Waals surface area contributed by atoms with Crippen molar-refractivity contribution in [3.63, 3.8) is 0 Å². The molecule has 0 spiro atoms. The first kappa shape index (κ1) is 12.4. The summed E-state index contributed by atoms with van der Waals surface area (Å²) in [5.74, 6) is 0. The van der Waals surface area contributed by atoms with E-state index in [0.29, 0.717) is 18.4 Å². The number of aryl methyl sites for hydroxylation is 1. The quantitative estimate of drug-likeness (QED) is 0.731. The van der Waals surface area contributed by atoms with Crippen LogP contribution < -0.4 is 0 Å². The first-order valence-corrected chi connectivity index (χ1v) is 7.67. The lowest BCUT2D eigenvalue weighted by Crippen LogP contribution is -2.07. The fourth-order valence-electron chi connectivity index (χ4n) is 2.83. The minimum Gasteiger partial charge on any atom is -0.282 e. The van der Waals surface area contributed by atoms with E-state index >= 15 is 0 Å². The van der Waals surface area contributed by atoms with Crippen LogP contribution in [0.15, 0.2) is 41.3 Å². The lowest BCUT2D eigenvalue weighted by Gasteiger charge is -2.10. The lowest BCUT2D eigenvalue weighted by molar-refractivity contribution is 0.481. The molecule has 0 atom stereocenters. The first-order chi connectivity index (χ1) is 9.02. The highest BCUT2D eigenvalue weighted by Crippen LogP contribution is 2.40. The van der Waals surface area contributed by atoms with Crippen LogP contribution >= 0.6 is 0 Å². The second-order valence-electron chi connectivity index (χ2n) is 4.74. The van der Waals surface area contributed by atoms with Crippen LogP contribution in [0.5, 0.6) is 0 Å². The summed E-state index contributed by atoms with van der Waals surface area (Å²) in [4.78, 5) is 0.101. The molecular weight excluding hydrogens is 260 g/mol. The van der Waals surface area contributed by atoms with Crippen molar-refractivity contribution < 1.29 is 13.0 Å². The van der Waals surface area contributed by atoms with Gasteiger partial charge in [-0.25, -0.2) is 0 Å². The zero-order valence-electron chi connectivity index (χ0n) is 10.6. The average molecular weight is 274 g/mol. The number of hydrogen-bond donors (Lipinski definition) is 1. The molecule has 0 radical (unpaired) electrons. The van der Waals surface area contributed by atoms with Crippen molar-refractivity contribution in [3.05, 3.63) is 53.1 Å². The third-order valence-electron chi connectivity index (χ3n) is 3.66. The summed E-state index contributed by atoms with van der Waals surface area (Å²) >= 11 is 0. The van der Waals surface area contributed by atoms with Gasteiger partial charge in [-0.15, -0.1) is 0 Å². The maximum atomic E-state index is 11.7. The summed E-state index contributed by atoms with van der Waals surface area (Å²) in [6.07, 6.45) is 1.15. The van der Waals surface area contributed by atoms with Gasteiger partial charge in [0.1, 0.15) is 4.90 Å². The Bertz CT molecular complexity index is 761. The molecule has 0 amide bonds. The smallest absolute Gasteiger partial charge is 0.282 e. The Morgan fingerprint density at radius 1 is 1.11 bits per heavy atom. The van der Waals surface area contributed by atoms with Gasteiger partial charge in [0.15, 0.2) is 0 Å². The zero-order valence-corrected chi connectivity index (χ0v) is 11.4. The minimum atomic E-state index is -4.19. The standard InChI is InChI=1S/C15H14O3S/c1-2-10-7-8-13-12-6-4-3-5-11(12)9-14(13)15(10)19(16,17)18/h3-8H,2,9H2,1H3,(H,16,17,18).